The van der Waals surface area contributed by atoms with Crippen LogP contribution in [0.5, 0.6) is 0 Å². The Morgan fingerprint density at radius 3 is 2.59 bits per heavy atom. The van der Waals surface area contributed by atoms with E-state index in [0.29, 0.717) is 34.3 Å². The van der Waals surface area contributed by atoms with Gasteiger partial charge in [0, 0.05) is 0 Å². The average molecular weight is 301 g/mol. The summed E-state index contributed by atoms with van der Waals surface area (Å²) in [5.74, 6) is 1.15. The SMILES string of the molecule is C=c1c(C)c(C(=O)OC2C(C)CC(C)CC2C)c2ncnn12. The first kappa shape index (κ1) is 15.0. The van der Waals surface area contributed by atoms with Gasteiger partial charge in [-0.2, -0.15) is 5.10 Å². The van der Waals surface area contributed by atoms with Crippen LogP contribution in [0.15, 0.2) is 6.33 Å². The van der Waals surface area contributed by atoms with E-state index in [9.17, 15) is 4.79 Å². The van der Waals surface area contributed by atoms with E-state index in [1.54, 1.807) is 4.52 Å². The number of fused-ring (bicyclic) bond motifs is 1. The zero-order valence-electron chi connectivity index (χ0n) is 13.7. The summed E-state index contributed by atoms with van der Waals surface area (Å²) in [4.78, 5) is 16.9. The van der Waals surface area contributed by atoms with Crippen molar-refractivity contribution in [1.82, 2.24) is 14.6 Å². The fourth-order valence-corrected chi connectivity index (χ4v) is 3.93. The van der Waals surface area contributed by atoms with Crippen LogP contribution in [0.3, 0.4) is 0 Å². The zero-order chi connectivity index (χ0) is 16.0. The van der Waals surface area contributed by atoms with E-state index in [2.05, 4.69) is 37.4 Å². The number of esters is 1. The molecule has 0 bridgehead atoms. The van der Waals surface area contributed by atoms with Crippen LogP contribution in [0.2, 0.25) is 0 Å². The monoisotopic (exact) mass is 301 g/mol. The topological polar surface area (TPSA) is 56.5 Å². The van der Waals surface area contributed by atoms with Crippen molar-refractivity contribution < 1.29 is 9.53 Å². The van der Waals surface area contributed by atoms with Crippen molar-refractivity contribution >= 4 is 18.2 Å². The standard InChI is InChI=1S/C17H23N3O2/c1-9-6-10(2)15(11(3)7-9)22-17(21)14-12(4)13(5)20-16(14)18-8-19-20/h8-11,15H,5-7H2,1-4H3. The summed E-state index contributed by atoms with van der Waals surface area (Å²) in [5.41, 5.74) is 1.84. The molecule has 3 rings (SSSR count). The van der Waals surface area contributed by atoms with Gasteiger partial charge >= 0.3 is 5.97 Å². The van der Waals surface area contributed by atoms with Gasteiger partial charge in [-0.3, -0.25) is 0 Å². The highest BCUT2D eigenvalue weighted by Crippen LogP contribution is 2.35. The van der Waals surface area contributed by atoms with Crippen molar-refractivity contribution in [1.29, 1.82) is 0 Å². The molecule has 5 heteroatoms. The van der Waals surface area contributed by atoms with E-state index in [0.717, 1.165) is 18.4 Å². The van der Waals surface area contributed by atoms with Crippen LogP contribution in [-0.2, 0) is 4.74 Å². The molecule has 2 aromatic heterocycles. The summed E-state index contributed by atoms with van der Waals surface area (Å²) < 4.78 is 7.47. The zero-order valence-corrected chi connectivity index (χ0v) is 13.7. The van der Waals surface area contributed by atoms with Crippen LogP contribution in [0.1, 0.15) is 49.5 Å². The fraction of sp³-hybridized carbons (Fsp3) is 0.588. The molecule has 0 radical (unpaired) electrons. The van der Waals surface area contributed by atoms with Crippen molar-refractivity contribution in [3.8, 4) is 0 Å². The van der Waals surface area contributed by atoms with Crippen LogP contribution in [0.4, 0.5) is 0 Å². The van der Waals surface area contributed by atoms with E-state index in [4.69, 9.17) is 4.74 Å². The second-order valence-corrected chi connectivity index (χ2v) is 6.84. The van der Waals surface area contributed by atoms with E-state index < -0.39 is 0 Å². The molecule has 0 N–H and O–H groups in total. The highest BCUT2D eigenvalue weighted by Gasteiger charge is 2.35. The van der Waals surface area contributed by atoms with Gasteiger partial charge in [0.1, 0.15) is 18.0 Å². The first-order valence-corrected chi connectivity index (χ1v) is 7.92. The highest BCUT2D eigenvalue weighted by atomic mass is 16.5. The minimum absolute atomic E-state index is 0.0331. The number of carbonyl (C=O) groups excluding carboxylic acids is 1. The lowest BCUT2D eigenvalue weighted by Crippen LogP contribution is -2.37. The Morgan fingerprint density at radius 1 is 1.32 bits per heavy atom. The first-order valence-electron chi connectivity index (χ1n) is 7.92. The first-order chi connectivity index (χ1) is 10.4. The van der Waals surface area contributed by atoms with Crippen LogP contribution < -0.4 is 5.35 Å². The number of rotatable bonds is 2. The van der Waals surface area contributed by atoms with Gasteiger partial charge in [0.15, 0.2) is 5.65 Å². The quantitative estimate of drug-likeness (QED) is 0.799. The molecule has 22 heavy (non-hydrogen) atoms. The van der Waals surface area contributed by atoms with E-state index in [-0.39, 0.29) is 12.1 Å². The van der Waals surface area contributed by atoms with Crippen molar-refractivity contribution in [2.24, 2.45) is 17.8 Å². The summed E-state index contributed by atoms with van der Waals surface area (Å²) in [6.45, 7) is 12.4. The third kappa shape index (κ3) is 2.28. The summed E-state index contributed by atoms with van der Waals surface area (Å²) in [5, 5.41) is 4.80. The molecule has 118 valence electrons. The maximum Gasteiger partial charge on any atom is 0.342 e. The molecule has 1 aliphatic carbocycles. The minimum atomic E-state index is -0.302. The third-order valence-corrected chi connectivity index (χ3v) is 4.95. The summed E-state index contributed by atoms with van der Waals surface area (Å²) in [6, 6.07) is 0. The molecular weight excluding hydrogens is 278 g/mol. The molecule has 2 atom stereocenters. The second kappa shape index (κ2) is 5.38. The highest BCUT2D eigenvalue weighted by molar-refractivity contribution is 5.98. The van der Waals surface area contributed by atoms with Gasteiger partial charge in [-0.15, -0.1) is 0 Å². The van der Waals surface area contributed by atoms with Gasteiger partial charge in [0.25, 0.3) is 0 Å². The fourth-order valence-electron chi connectivity index (χ4n) is 3.93. The molecule has 0 saturated heterocycles. The van der Waals surface area contributed by atoms with Crippen LogP contribution in [0, 0.1) is 24.7 Å². The van der Waals surface area contributed by atoms with Gasteiger partial charge in [-0.05, 0) is 43.1 Å². The smallest absolute Gasteiger partial charge is 0.342 e. The van der Waals surface area contributed by atoms with Gasteiger partial charge in [-0.25, -0.2) is 14.3 Å². The molecule has 2 unspecified atom stereocenters. The number of hydrogen-bond donors (Lipinski definition) is 0. The molecule has 0 aromatic carbocycles. The predicted octanol–water partition coefficient (Wildman–Crippen LogP) is 2.39. The Hall–Kier alpha value is -1.91. The average Bonchev–Trinajstić information content (AvgIpc) is 2.98. The number of carbonyl (C=O) groups is 1. The molecule has 1 aliphatic rings. The lowest BCUT2D eigenvalue weighted by molar-refractivity contribution is -0.0251. The van der Waals surface area contributed by atoms with Crippen molar-refractivity contribution in [3.63, 3.8) is 0 Å². The number of ether oxygens (including phenoxy) is 1. The molecular formula is C17H23N3O2. The maximum absolute atomic E-state index is 12.7. The molecule has 5 nitrogen and oxygen atoms in total. The Labute approximate surface area is 130 Å². The largest absolute Gasteiger partial charge is 0.458 e. The Morgan fingerprint density at radius 2 is 1.95 bits per heavy atom. The lowest BCUT2D eigenvalue weighted by atomic mass is 9.75. The Balaban J connectivity index is 1.89. The van der Waals surface area contributed by atoms with E-state index >= 15 is 0 Å². The van der Waals surface area contributed by atoms with Gasteiger partial charge in [0.05, 0.1) is 5.35 Å². The maximum atomic E-state index is 12.7. The third-order valence-electron chi connectivity index (χ3n) is 4.95. The van der Waals surface area contributed by atoms with Gasteiger partial charge in [0.2, 0.25) is 0 Å². The molecule has 0 aliphatic heterocycles. The number of hydrogen-bond acceptors (Lipinski definition) is 4. The summed E-state index contributed by atoms with van der Waals surface area (Å²) in [7, 11) is 0. The molecule has 0 spiro atoms. The molecule has 2 heterocycles. The van der Waals surface area contributed by atoms with Gasteiger partial charge in [-0.1, -0.05) is 27.4 Å². The Bertz CT molecular complexity index is 740. The van der Waals surface area contributed by atoms with Crippen LogP contribution in [0.25, 0.3) is 12.2 Å². The van der Waals surface area contributed by atoms with Crippen molar-refractivity contribution in [2.45, 2.75) is 46.6 Å². The summed E-state index contributed by atoms with van der Waals surface area (Å²) >= 11 is 0. The number of nitrogens with zero attached hydrogens (tertiary/aromatic N) is 3. The lowest BCUT2D eigenvalue weighted by Gasteiger charge is -2.37. The molecule has 1 fully saturated rings. The predicted molar refractivity (Wildman–Crippen MR) is 84.4 cm³/mol. The van der Waals surface area contributed by atoms with Crippen LogP contribution >= 0.6 is 0 Å². The molecule has 1 saturated carbocycles. The normalized spacial score (nSPS) is 28.9. The number of aromatic nitrogens is 3. The second-order valence-electron chi connectivity index (χ2n) is 6.84. The van der Waals surface area contributed by atoms with Gasteiger partial charge < -0.3 is 4.74 Å². The van der Waals surface area contributed by atoms with Crippen molar-refractivity contribution in [2.75, 3.05) is 0 Å². The van der Waals surface area contributed by atoms with E-state index in [1.165, 1.54) is 6.33 Å². The van der Waals surface area contributed by atoms with Crippen LogP contribution in [-0.4, -0.2) is 26.7 Å². The molecule has 0 amide bonds. The minimum Gasteiger partial charge on any atom is -0.458 e. The van der Waals surface area contributed by atoms with E-state index in [1.807, 2.05) is 6.92 Å². The molecule has 2 aromatic rings. The summed E-state index contributed by atoms with van der Waals surface area (Å²) in [6.07, 6.45) is 3.61. The Kier molecular flexibility index (Phi) is 3.67. The van der Waals surface area contributed by atoms with Crippen molar-refractivity contribution in [3.05, 3.63) is 22.8 Å².